The standard InChI is InChI=1S/C11H21N5O/c1-9(3-4-12)16-11-7-10(14-8-15-11)13-5-6-17-2/h7-9H,3-6,12H2,1-2H3,(H2,13,14,15,16). The van der Waals surface area contributed by atoms with E-state index in [1.807, 2.05) is 6.07 Å². The summed E-state index contributed by atoms with van der Waals surface area (Å²) >= 11 is 0. The van der Waals surface area contributed by atoms with Gasteiger partial charge in [0.05, 0.1) is 6.61 Å². The summed E-state index contributed by atoms with van der Waals surface area (Å²) in [5.41, 5.74) is 5.50. The quantitative estimate of drug-likeness (QED) is 0.579. The summed E-state index contributed by atoms with van der Waals surface area (Å²) < 4.78 is 4.95. The van der Waals surface area contributed by atoms with Crippen molar-refractivity contribution in [2.24, 2.45) is 5.73 Å². The van der Waals surface area contributed by atoms with Crippen molar-refractivity contribution in [1.29, 1.82) is 0 Å². The number of aromatic nitrogens is 2. The topological polar surface area (TPSA) is 85.1 Å². The first-order valence-electron chi connectivity index (χ1n) is 5.77. The molecule has 0 aliphatic heterocycles. The van der Waals surface area contributed by atoms with Crippen LogP contribution in [-0.4, -0.2) is 42.8 Å². The number of nitrogens with two attached hydrogens (primary N) is 1. The van der Waals surface area contributed by atoms with E-state index in [0.29, 0.717) is 19.2 Å². The number of nitrogens with zero attached hydrogens (tertiary/aromatic N) is 2. The molecule has 0 spiro atoms. The molecule has 6 nitrogen and oxygen atoms in total. The summed E-state index contributed by atoms with van der Waals surface area (Å²) in [5, 5.41) is 6.42. The zero-order chi connectivity index (χ0) is 12.5. The van der Waals surface area contributed by atoms with E-state index < -0.39 is 0 Å². The molecule has 0 bridgehead atoms. The average Bonchev–Trinajstić information content (AvgIpc) is 2.30. The van der Waals surface area contributed by atoms with E-state index in [4.69, 9.17) is 10.5 Å². The molecule has 6 heteroatoms. The third-order valence-electron chi connectivity index (χ3n) is 2.27. The second-order valence-corrected chi connectivity index (χ2v) is 3.83. The van der Waals surface area contributed by atoms with E-state index in [2.05, 4.69) is 27.5 Å². The molecule has 0 amide bonds. The third kappa shape index (κ3) is 5.46. The maximum Gasteiger partial charge on any atom is 0.131 e. The van der Waals surface area contributed by atoms with Crippen LogP contribution in [0.2, 0.25) is 0 Å². The fourth-order valence-corrected chi connectivity index (χ4v) is 1.39. The molecule has 0 saturated carbocycles. The lowest BCUT2D eigenvalue weighted by molar-refractivity contribution is 0.210. The van der Waals surface area contributed by atoms with Crippen molar-refractivity contribution in [3.05, 3.63) is 12.4 Å². The maximum atomic E-state index is 5.50. The third-order valence-corrected chi connectivity index (χ3v) is 2.27. The number of hydrogen-bond acceptors (Lipinski definition) is 6. The van der Waals surface area contributed by atoms with Crippen LogP contribution in [0.1, 0.15) is 13.3 Å². The summed E-state index contributed by atoms with van der Waals surface area (Å²) in [7, 11) is 1.67. The predicted molar refractivity (Wildman–Crippen MR) is 69.2 cm³/mol. The van der Waals surface area contributed by atoms with E-state index in [1.54, 1.807) is 7.11 Å². The molecule has 0 aromatic carbocycles. The molecule has 0 radical (unpaired) electrons. The average molecular weight is 239 g/mol. The molecular formula is C11H21N5O. The number of hydrogen-bond donors (Lipinski definition) is 3. The van der Waals surface area contributed by atoms with E-state index in [1.165, 1.54) is 6.33 Å². The van der Waals surface area contributed by atoms with Crippen molar-refractivity contribution in [3.8, 4) is 0 Å². The monoisotopic (exact) mass is 239 g/mol. The number of nitrogens with one attached hydrogen (secondary N) is 2. The molecular weight excluding hydrogens is 218 g/mol. The van der Waals surface area contributed by atoms with Crippen LogP contribution in [0.4, 0.5) is 11.6 Å². The van der Waals surface area contributed by atoms with Gasteiger partial charge in [-0.2, -0.15) is 0 Å². The van der Waals surface area contributed by atoms with Crippen molar-refractivity contribution < 1.29 is 4.74 Å². The minimum Gasteiger partial charge on any atom is -0.383 e. The Hall–Kier alpha value is -1.40. The highest BCUT2D eigenvalue weighted by molar-refractivity contribution is 5.46. The molecule has 1 aromatic heterocycles. The minimum absolute atomic E-state index is 0.307. The Morgan fingerprint density at radius 3 is 2.88 bits per heavy atom. The van der Waals surface area contributed by atoms with E-state index in [0.717, 1.165) is 24.6 Å². The van der Waals surface area contributed by atoms with Crippen LogP contribution in [0, 0.1) is 0 Å². The Balaban J connectivity index is 2.47. The van der Waals surface area contributed by atoms with Gasteiger partial charge >= 0.3 is 0 Å². The molecule has 0 fully saturated rings. The lowest BCUT2D eigenvalue weighted by Crippen LogP contribution is -2.20. The smallest absolute Gasteiger partial charge is 0.131 e. The summed E-state index contributed by atoms with van der Waals surface area (Å²) in [5.74, 6) is 1.60. The number of anilines is 2. The highest BCUT2D eigenvalue weighted by atomic mass is 16.5. The Morgan fingerprint density at radius 1 is 1.41 bits per heavy atom. The Bertz CT molecular complexity index is 320. The van der Waals surface area contributed by atoms with Gasteiger partial charge in [-0.3, -0.25) is 0 Å². The van der Waals surface area contributed by atoms with Crippen molar-refractivity contribution in [3.63, 3.8) is 0 Å². The van der Waals surface area contributed by atoms with E-state index in [-0.39, 0.29) is 0 Å². The molecule has 1 aromatic rings. The SMILES string of the molecule is COCCNc1cc(NC(C)CCN)ncn1. The van der Waals surface area contributed by atoms with Crippen LogP contribution in [0.25, 0.3) is 0 Å². The largest absolute Gasteiger partial charge is 0.383 e. The number of methoxy groups -OCH3 is 1. The van der Waals surface area contributed by atoms with Crippen molar-refractivity contribution >= 4 is 11.6 Å². The van der Waals surface area contributed by atoms with Crippen LogP contribution < -0.4 is 16.4 Å². The van der Waals surface area contributed by atoms with Gasteiger partial charge in [0, 0.05) is 25.8 Å². The molecule has 17 heavy (non-hydrogen) atoms. The fraction of sp³-hybridized carbons (Fsp3) is 0.636. The van der Waals surface area contributed by atoms with Crippen LogP contribution >= 0.6 is 0 Å². The van der Waals surface area contributed by atoms with Gasteiger partial charge in [0.2, 0.25) is 0 Å². The van der Waals surface area contributed by atoms with Crippen molar-refractivity contribution in [1.82, 2.24) is 9.97 Å². The molecule has 0 aliphatic carbocycles. The zero-order valence-corrected chi connectivity index (χ0v) is 10.4. The molecule has 1 rings (SSSR count). The zero-order valence-electron chi connectivity index (χ0n) is 10.4. The van der Waals surface area contributed by atoms with Crippen LogP contribution in [0.15, 0.2) is 12.4 Å². The lowest BCUT2D eigenvalue weighted by Gasteiger charge is -2.13. The van der Waals surface area contributed by atoms with Crippen LogP contribution in [0.3, 0.4) is 0 Å². The normalized spacial score (nSPS) is 12.2. The van der Waals surface area contributed by atoms with Gasteiger partial charge in [-0.05, 0) is 19.9 Å². The van der Waals surface area contributed by atoms with Gasteiger partial charge in [-0.25, -0.2) is 9.97 Å². The molecule has 1 heterocycles. The molecule has 0 saturated heterocycles. The first-order chi connectivity index (χ1) is 8.26. The van der Waals surface area contributed by atoms with Crippen molar-refractivity contribution in [2.75, 3.05) is 37.4 Å². The Kier molecular flexibility index (Phi) is 6.27. The molecule has 0 aliphatic rings. The summed E-state index contributed by atoms with van der Waals surface area (Å²) in [6.45, 7) is 4.12. The first kappa shape index (κ1) is 13.7. The summed E-state index contributed by atoms with van der Waals surface area (Å²) in [4.78, 5) is 8.28. The summed E-state index contributed by atoms with van der Waals surface area (Å²) in [6, 6.07) is 2.18. The number of ether oxygens (including phenoxy) is 1. The van der Waals surface area contributed by atoms with E-state index >= 15 is 0 Å². The summed E-state index contributed by atoms with van der Waals surface area (Å²) in [6.07, 6.45) is 2.45. The number of rotatable bonds is 8. The first-order valence-corrected chi connectivity index (χ1v) is 5.77. The second kappa shape index (κ2) is 7.81. The Morgan fingerprint density at radius 2 is 2.18 bits per heavy atom. The van der Waals surface area contributed by atoms with Gasteiger partial charge in [-0.1, -0.05) is 0 Å². The van der Waals surface area contributed by atoms with Crippen molar-refractivity contribution in [2.45, 2.75) is 19.4 Å². The van der Waals surface area contributed by atoms with Crippen LogP contribution in [0.5, 0.6) is 0 Å². The molecule has 1 atom stereocenters. The van der Waals surface area contributed by atoms with Gasteiger partial charge in [0.1, 0.15) is 18.0 Å². The van der Waals surface area contributed by atoms with Crippen LogP contribution in [-0.2, 0) is 4.74 Å². The molecule has 96 valence electrons. The molecule has 1 unspecified atom stereocenters. The fourth-order valence-electron chi connectivity index (χ4n) is 1.39. The highest BCUT2D eigenvalue weighted by Crippen LogP contribution is 2.10. The maximum absolute atomic E-state index is 5.50. The highest BCUT2D eigenvalue weighted by Gasteiger charge is 2.03. The van der Waals surface area contributed by atoms with Gasteiger partial charge in [-0.15, -0.1) is 0 Å². The molecule has 4 N–H and O–H groups in total. The van der Waals surface area contributed by atoms with Gasteiger partial charge in [0.25, 0.3) is 0 Å². The minimum atomic E-state index is 0.307. The van der Waals surface area contributed by atoms with Gasteiger partial charge in [0.15, 0.2) is 0 Å². The predicted octanol–water partition coefficient (Wildman–Crippen LogP) is 0.684. The second-order valence-electron chi connectivity index (χ2n) is 3.83. The van der Waals surface area contributed by atoms with E-state index in [9.17, 15) is 0 Å². The lowest BCUT2D eigenvalue weighted by atomic mass is 10.2. The van der Waals surface area contributed by atoms with Gasteiger partial charge < -0.3 is 21.1 Å². The Labute approximate surface area is 102 Å².